The molecule has 22 heteroatoms. The molecular weight excluding hydrogens is 912 g/mol. The Bertz CT molecular complexity index is 1790. The number of hydrogen-bond donors (Lipinski definition) is 2. The lowest BCUT2D eigenvalue weighted by atomic mass is 10.1. The minimum Gasteiger partial charge on any atom is -0.869 e. The number of carbonyl (C=O) groups is 2. The number of Topliss-reactive ketones (excluding diaryl/α,β-unsaturated/α-hetero) is 2. The quantitative estimate of drug-likeness (QED) is 0.279. The summed E-state index contributed by atoms with van der Waals surface area (Å²) in [5.41, 5.74) is 0. The zero-order valence-electron chi connectivity index (χ0n) is 24.6. The number of thioether (sulfide) groups is 12. The lowest BCUT2D eigenvalue weighted by Gasteiger charge is -2.23. The number of ketones is 2. The third-order valence-corrected chi connectivity index (χ3v) is 24.3. The highest BCUT2D eigenvalue weighted by molar-refractivity contribution is 8.44. The molecule has 260 valence electrons. The Morgan fingerprint density at radius 2 is 0.900 bits per heavy atom. The second kappa shape index (κ2) is 17.7. The van der Waals surface area contributed by atoms with Gasteiger partial charge in [0.25, 0.3) is 11.6 Å². The minimum atomic E-state index is -1.23. The van der Waals surface area contributed by atoms with Gasteiger partial charge in [0.1, 0.15) is 34.6 Å². The highest BCUT2D eigenvalue weighted by atomic mass is 35.5. The summed E-state index contributed by atoms with van der Waals surface area (Å²) in [7, 11) is 0. The lowest BCUT2D eigenvalue weighted by molar-refractivity contribution is -0.379. The van der Waals surface area contributed by atoms with E-state index in [2.05, 4.69) is 30.8 Å². The number of aromatic nitrogens is 4. The molecule has 0 fully saturated rings. The average Bonchev–Trinajstić information content (AvgIpc) is 3.99. The van der Waals surface area contributed by atoms with E-state index in [0.717, 1.165) is 11.6 Å². The van der Waals surface area contributed by atoms with E-state index in [0.29, 0.717) is 0 Å². The molecular formula is C28H18Cl2N4O4S12. The van der Waals surface area contributed by atoms with Gasteiger partial charge in [0.15, 0.2) is 11.6 Å². The zero-order chi connectivity index (χ0) is 34.8. The molecule has 9 rings (SSSR count). The van der Waals surface area contributed by atoms with Crippen LogP contribution in [0, 0.1) is 0 Å². The topological polar surface area (TPSA) is 140 Å². The molecule has 7 aliphatic rings. The maximum absolute atomic E-state index is 10.7. The average molecular weight is 930 g/mol. The van der Waals surface area contributed by atoms with E-state index in [1.165, 1.54) is 66.7 Å². The second-order valence-electron chi connectivity index (χ2n) is 9.44. The van der Waals surface area contributed by atoms with E-state index in [-0.39, 0.29) is 0 Å². The number of halogens is 2. The molecule has 8 nitrogen and oxygen atoms in total. The largest absolute Gasteiger partial charge is 0.869 e. The standard InChI is InChI=1S/2C11H8N2S6.C6H2Cl2O4/c2*1-2-13-7(12-1)6-5-16-10(17-6)11-18-8-9(19-11)15-4-3-14-8;7-1-3(9)5(11)2(8)6(12)4(1)10/h2*1-2,5H,3-4H2,(H,12,13);9,12H. The van der Waals surface area contributed by atoms with Gasteiger partial charge in [-0.3, -0.25) is 9.59 Å². The predicted molar refractivity (Wildman–Crippen MR) is 225 cm³/mol. The van der Waals surface area contributed by atoms with Crippen LogP contribution in [0.2, 0.25) is 0 Å². The number of rotatable bonds is 2. The van der Waals surface area contributed by atoms with Crippen molar-refractivity contribution in [3.63, 3.8) is 0 Å². The number of carbonyl (C=O) groups excluding carboxylic acids is 2. The van der Waals surface area contributed by atoms with Crippen molar-refractivity contribution in [3.05, 3.63) is 103 Å². The summed E-state index contributed by atoms with van der Waals surface area (Å²) in [6.45, 7) is 0. The molecule has 0 saturated carbocycles. The van der Waals surface area contributed by atoms with Gasteiger partial charge in [0.05, 0.1) is 44.0 Å². The third kappa shape index (κ3) is 8.79. The lowest BCUT2D eigenvalue weighted by Crippen LogP contribution is -2.31. The van der Waals surface area contributed by atoms with Crippen LogP contribution in [0.1, 0.15) is 11.6 Å². The van der Waals surface area contributed by atoms with Crippen molar-refractivity contribution in [2.45, 2.75) is 0 Å². The van der Waals surface area contributed by atoms with Gasteiger partial charge in [-0.05, 0) is 22.3 Å². The van der Waals surface area contributed by atoms with Crippen molar-refractivity contribution in [2.24, 2.45) is 0 Å². The first kappa shape index (κ1) is 38.3. The SMILES string of the molecule is C1=C(c2[nH]cc[nH+]2)SC(=C2SC3=C(SCCS3)S2)S1.C1=C(c2[nH]cc[nH+]2)SC(=C2SC3=C(SCCS3)S2)S1.O=C1C([O-])=C(Cl)C(=O)C([O-])=C1Cl. The molecule has 0 unspecified atom stereocenters. The molecule has 0 atom stereocenters. The Morgan fingerprint density at radius 1 is 0.540 bits per heavy atom. The minimum absolute atomic E-state index is 0.894. The van der Waals surface area contributed by atoms with Crippen molar-refractivity contribution in [3.8, 4) is 0 Å². The van der Waals surface area contributed by atoms with Gasteiger partial charge >= 0.3 is 0 Å². The third-order valence-electron chi connectivity index (χ3n) is 6.24. The molecule has 0 bridgehead atoms. The Labute approximate surface area is 347 Å². The van der Waals surface area contributed by atoms with Crippen LogP contribution in [0.25, 0.3) is 9.81 Å². The fraction of sp³-hybridized carbons (Fsp3) is 0.143. The predicted octanol–water partition coefficient (Wildman–Crippen LogP) is 8.40. The summed E-state index contributed by atoms with van der Waals surface area (Å²) in [6.07, 6.45) is 7.72. The van der Waals surface area contributed by atoms with Gasteiger partial charge in [-0.1, -0.05) is 117 Å². The van der Waals surface area contributed by atoms with Crippen molar-refractivity contribution in [2.75, 3.05) is 23.0 Å². The van der Waals surface area contributed by atoms with Crippen LogP contribution in [-0.2, 0) is 9.59 Å². The summed E-state index contributed by atoms with van der Waals surface area (Å²) in [5.74, 6) is 2.28. The van der Waals surface area contributed by atoms with Crippen LogP contribution in [0.3, 0.4) is 0 Å². The fourth-order valence-electron chi connectivity index (χ4n) is 3.99. The second-order valence-corrected chi connectivity index (χ2v) is 24.6. The molecule has 0 amide bonds. The van der Waals surface area contributed by atoms with Gasteiger partial charge in [-0.15, -0.1) is 47.0 Å². The number of H-pyrrole nitrogens is 4. The molecule has 0 radical (unpaired) electrons. The first-order valence-corrected chi connectivity index (χ1v) is 25.3. The fourth-order valence-corrected chi connectivity index (χ4v) is 21.4. The number of imidazole rings is 2. The maximum atomic E-state index is 10.7. The summed E-state index contributed by atoms with van der Waals surface area (Å²) in [6, 6.07) is 0. The van der Waals surface area contributed by atoms with E-state index < -0.39 is 33.1 Å². The van der Waals surface area contributed by atoms with Crippen LogP contribution in [-0.4, -0.2) is 44.5 Å². The Hall–Kier alpha value is 0.0600. The molecule has 8 heterocycles. The van der Waals surface area contributed by atoms with Gasteiger partial charge in [-0.2, -0.15) is 0 Å². The van der Waals surface area contributed by atoms with Gasteiger partial charge < -0.3 is 10.2 Å². The maximum Gasteiger partial charge on any atom is 0.291 e. The molecule has 6 aliphatic heterocycles. The monoisotopic (exact) mass is 928 g/mol. The number of allylic oxidation sites excluding steroid dienone is 2. The molecule has 2 aromatic rings. The van der Waals surface area contributed by atoms with Crippen LogP contribution in [0.15, 0.2) is 91.1 Å². The molecule has 2 aromatic heterocycles. The summed E-state index contributed by atoms with van der Waals surface area (Å²) < 4.78 is 11.8. The molecule has 0 spiro atoms. The Balaban J connectivity index is 0.000000121. The van der Waals surface area contributed by atoms with Gasteiger partial charge in [-0.25, -0.2) is 19.9 Å². The smallest absolute Gasteiger partial charge is 0.291 e. The van der Waals surface area contributed by atoms with E-state index >= 15 is 0 Å². The van der Waals surface area contributed by atoms with Crippen molar-refractivity contribution < 1.29 is 29.8 Å². The van der Waals surface area contributed by atoms with E-state index in [1.807, 2.05) is 166 Å². The Kier molecular flexibility index (Phi) is 13.6. The van der Waals surface area contributed by atoms with Crippen LogP contribution in [0.5, 0.6) is 0 Å². The first-order chi connectivity index (χ1) is 24.3. The van der Waals surface area contributed by atoms with Crippen molar-refractivity contribution >= 4 is 186 Å². The first-order valence-electron chi connectivity index (χ1n) is 13.9. The van der Waals surface area contributed by atoms with E-state index in [9.17, 15) is 19.8 Å². The van der Waals surface area contributed by atoms with E-state index in [4.69, 9.17) is 23.2 Å². The zero-order valence-corrected chi connectivity index (χ0v) is 35.9. The van der Waals surface area contributed by atoms with Crippen LogP contribution >= 0.6 is 164 Å². The van der Waals surface area contributed by atoms with E-state index in [1.54, 1.807) is 0 Å². The summed E-state index contributed by atoms with van der Waals surface area (Å²) >= 11 is 33.5. The normalized spacial score (nSPS) is 22.1. The summed E-state index contributed by atoms with van der Waals surface area (Å²) in [4.78, 5) is 36.9. The van der Waals surface area contributed by atoms with Crippen molar-refractivity contribution in [1.29, 1.82) is 0 Å². The van der Waals surface area contributed by atoms with Crippen LogP contribution in [0.4, 0.5) is 0 Å². The van der Waals surface area contributed by atoms with Gasteiger partial charge in [0, 0.05) is 23.0 Å². The highest BCUT2D eigenvalue weighted by Crippen LogP contribution is 2.65. The number of nitrogens with one attached hydrogen (secondary N) is 4. The molecule has 50 heavy (non-hydrogen) atoms. The van der Waals surface area contributed by atoms with Crippen LogP contribution < -0.4 is 20.2 Å². The highest BCUT2D eigenvalue weighted by Gasteiger charge is 2.32. The molecule has 1 aliphatic carbocycles. The molecule has 0 saturated heterocycles. The number of hydrogen-bond acceptors (Lipinski definition) is 16. The molecule has 4 N–H and O–H groups in total. The van der Waals surface area contributed by atoms with Crippen molar-refractivity contribution in [1.82, 2.24) is 9.97 Å². The Morgan fingerprint density at radius 3 is 1.22 bits per heavy atom. The molecule has 0 aromatic carbocycles. The number of aromatic amines is 4. The summed E-state index contributed by atoms with van der Waals surface area (Å²) in [5, 5.41) is 24.1. The van der Waals surface area contributed by atoms with Gasteiger partial charge in [0.2, 0.25) is 0 Å².